The van der Waals surface area contributed by atoms with Crippen LogP contribution in [-0.4, -0.2) is 24.2 Å². The Morgan fingerprint density at radius 3 is 2.95 bits per heavy atom. The number of carbonyl (C=O) groups is 1. The van der Waals surface area contributed by atoms with Crippen LogP contribution in [-0.2, 0) is 6.61 Å². The van der Waals surface area contributed by atoms with Gasteiger partial charge in [-0.05, 0) is 29.6 Å². The largest absolute Gasteiger partial charge is 0.488 e. The summed E-state index contributed by atoms with van der Waals surface area (Å²) in [4.78, 5) is 12.8. The van der Waals surface area contributed by atoms with Gasteiger partial charge in [0, 0.05) is 17.0 Å². The molecule has 5 heteroatoms. The van der Waals surface area contributed by atoms with Crippen molar-refractivity contribution in [1.29, 1.82) is 0 Å². The van der Waals surface area contributed by atoms with E-state index in [-0.39, 0.29) is 19.1 Å². The highest BCUT2D eigenvalue weighted by Gasteiger charge is 2.06. The van der Waals surface area contributed by atoms with E-state index >= 15 is 0 Å². The van der Waals surface area contributed by atoms with Crippen LogP contribution in [0.5, 0.6) is 5.75 Å². The third kappa shape index (κ3) is 4.08. The summed E-state index contributed by atoms with van der Waals surface area (Å²) in [6.07, 6.45) is 0. The van der Waals surface area contributed by atoms with E-state index in [9.17, 15) is 4.79 Å². The molecule has 1 amide bonds. The summed E-state index contributed by atoms with van der Waals surface area (Å²) in [6, 6.07) is 11.0. The second-order valence-corrected chi connectivity index (χ2v) is 4.91. The number of ether oxygens (including phenoxy) is 1. The molecule has 2 rings (SSSR count). The smallest absolute Gasteiger partial charge is 0.251 e. The first kappa shape index (κ1) is 13.6. The van der Waals surface area contributed by atoms with Crippen molar-refractivity contribution in [2.75, 3.05) is 13.2 Å². The highest BCUT2D eigenvalue weighted by molar-refractivity contribution is 7.09. The lowest BCUT2D eigenvalue weighted by Gasteiger charge is -2.07. The van der Waals surface area contributed by atoms with Crippen molar-refractivity contribution in [3.63, 3.8) is 0 Å². The molecule has 0 bridgehead atoms. The molecule has 19 heavy (non-hydrogen) atoms. The van der Waals surface area contributed by atoms with Crippen molar-refractivity contribution in [2.45, 2.75) is 6.61 Å². The predicted octanol–water partition coefficient (Wildman–Crippen LogP) is 2.05. The van der Waals surface area contributed by atoms with E-state index in [0.717, 1.165) is 4.88 Å². The molecule has 0 unspecified atom stereocenters. The maximum Gasteiger partial charge on any atom is 0.251 e. The van der Waals surface area contributed by atoms with Crippen LogP contribution in [0.1, 0.15) is 15.2 Å². The lowest BCUT2D eigenvalue weighted by molar-refractivity contribution is 0.0944. The number of nitrogens with one attached hydrogen (secondary N) is 1. The van der Waals surface area contributed by atoms with Gasteiger partial charge in [0.1, 0.15) is 12.4 Å². The molecule has 0 fully saturated rings. The summed E-state index contributed by atoms with van der Waals surface area (Å²) in [5.41, 5.74) is 0.525. The van der Waals surface area contributed by atoms with Crippen molar-refractivity contribution in [3.05, 3.63) is 52.2 Å². The van der Waals surface area contributed by atoms with Crippen LogP contribution in [0.4, 0.5) is 0 Å². The van der Waals surface area contributed by atoms with Gasteiger partial charge in [0.15, 0.2) is 0 Å². The highest BCUT2D eigenvalue weighted by atomic mass is 32.1. The first-order valence-corrected chi connectivity index (χ1v) is 6.82. The van der Waals surface area contributed by atoms with E-state index < -0.39 is 0 Å². The molecule has 4 nitrogen and oxygen atoms in total. The molecule has 100 valence electrons. The molecule has 0 aliphatic heterocycles. The summed E-state index contributed by atoms with van der Waals surface area (Å²) < 4.78 is 5.63. The first-order chi connectivity index (χ1) is 9.29. The molecule has 0 atom stereocenters. The molecule has 1 aromatic carbocycles. The summed E-state index contributed by atoms with van der Waals surface area (Å²) >= 11 is 1.63. The molecule has 0 saturated heterocycles. The molecule has 0 aliphatic carbocycles. The zero-order chi connectivity index (χ0) is 13.5. The van der Waals surface area contributed by atoms with Crippen LogP contribution in [0.2, 0.25) is 0 Å². The molecule has 0 saturated carbocycles. The van der Waals surface area contributed by atoms with Gasteiger partial charge in [0.2, 0.25) is 0 Å². The zero-order valence-corrected chi connectivity index (χ0v) is 11.2. The Balaban J connectivity index is 1.96. The molecule has 0 spiro atoms. The normalized spacial score (nSPS) is 10.2. The van der Waals surface area contributed by atoms with Gasteiger partial charge in [-0.25, -0.2) is 0 Å². The van der Waals surface area contributed by atoms with Crippen LogP contribution in [0.25, 0.3) is 0 Å². The van der Waals surface area contributed by atoms with Gasteiger partial charge in [-0.2, -0.15) is 0 Å². The standard InChI is InChI=1S/C14H15NO3S/c16-7-6-15-14(17)11-3-1-4-12(9-11)18-10-13-5-2-8-19-13/h1-5,8-9,16H,6-7,10H2,(H,15,17). The molecule has 1 aromatic heterocycles. The van der Waals surface area contributed by atoms with Crippen LogP contribution < -0.4 is 10.1 Å². The Morgan fingerprint density at radius 2 is 2.21 bits per heavy atom. The molecule has 1 heterocycles. The van der Waals surface area contributed by atoms with Crippen molar-refractivity contribution < 1.29 is 14.6 Å². The summed E-state index contributed by atoms with van der Waals surface area (Å²) in [7, 11) is 0. The second-order valence-electron chi connectivity index (χ2n) is 3.88. The average molecular weight is 277 g/mol. The Hall–Kier alpha value is -1.85. The Morgan fingerprint density at radius 1 is 1.32 bits per heavy atom. The third-order valence-electron chi connectivity index (χ3n) is 2.45. The molecule has 2 N–H and O–H groups in total. The maximum absolute atomic E-state index is 11.7. The maximum atomic E-state index is 11.7. The number of aliphatic hydroxyl groups is 1. The number of rotatable bonds is 6. The number of benzene rings is 1. The molecule has 2 aromatic rings. The fourth-order valence-electron chi connectivity index (χ4n) is 1.55. The minimum atomic E-state index is -0.212. The van der Waals surface area contributed by atoms with E-state index in [2.05, 4.69) is 5.32 Å². The Kier molecular flexibility index (Phi) is 4.94. The summed E-state index contributed by atoms with van der Waals surface area (Å²) in [6.45, 7) is 0.679. The number of carbonyl (C=O) groups excluding carboxylic acids is 1. The Labute approximate surface area is 115 Å². The molecule has 0 radical (unpaired) electrons. The number of aliphatic hydroxyl groups excluding tert-OH is 1. The van der Waals surface area contributed by atoms with E-state index in [0.29, 0.717) is 17.9 Å². The van der Waals surface area contributed by atoms with Crippen LogP contribution in [0.3, 0.4) is 0 Å². The second kappa shape index (κ2) is 6.92. The minimum Gasteiger partial charge on any atom is -0.488 e. The summed E-state index contributed by atoms with van der Waals surface area (Å²) in [5.74, 6) is 0.445. The number of amides is 1. The average Bonchev–Trinajstić information content (AvgIpc) is 2.96. The van der Waals surface area contributed by atoms with Gasteiger partial charge in [0.05, 0.1) is 6.61 Å². The number of thiophene rings is 1. The van der Waals surface area contributed by atoms with Gasteiger partial charge in [-0.15, -0.1) is 11.3 Å². The van der Waals surface area contributed by atoms with Crippen molar-refractivity contribution >= 4 is 17.2 Å². The van der Waals surface area contributed by atoms with E-state index in [1.165, 1.54) is 0 Å². The van der Waals surface area contributed by atoms with Crippen LogP contribution in [0, 0.1) is 0 Å². The monoisotopic (exact) mass is 277 g/mol. The number of hydrogen-bond donors (Lipinski definition) is 2. The van der Waals surface area contributed by atoms with Crippen molar-refractivity contribution in [3.8, 4) is 5.75 Å². The predicted molar refractivity (Wildman–Crippen MR) is 74.5 cm³/mol. The lowest BCUT2D eigenvalue weighted by atomic mass is 10.2. The topological polar surface area (TPSA) is 58.6 Å². The van der Waals surface area contributed by atoms with Gasteiger partial charge in [0.25, 0.3) is 5.91 Å². The summed E-state index contributed by atoms with van der Waals surface area (Å²) in [5, 5.41) is 13.3. The lowest BCUT2D eigenvalue weighted by Crippen LogP contribution is -2.26. The molecular formula is C14H15NO3S. The van der Waals surface area contributed by atoms with Crippen LogP contribution >= 0.6 is 11.3 Å². The van der Waals surface area contributed by atoms with Gasteiger partial charge < -0.3 is 15.2 Å². The quantitative estimate of drug-likeness (QED) is 0.849. The van der Waals surface area contributed by atoms with Crippen molar-refractivity contribution in [1.82, 2.24) is 5.32 Å². The fourth-order valence-corrected chi connectivity index (χ4v) is 2.16. The fraction of sp³-hybridized carbons (Fsp3) is 0.214. The first-order valence-electron chi connectivity index (χ1n) is 5.94. The zero-order valence-electron chi connectivity index (χ0n) is 10.3. The molecular weight excluding hydrogens is 262 g/mol. The Bertz CT molecular complexity index is 525. The van der Waals surface area contributed by atoms with Crippen LogP contribution in [0.15, 0.2) is 41.8 Å². The minimum absolute atomic E-state index is 0.0691. The SMILES string of the molecule is O=C(NCCO)c1cccc(OCc2cccs2)c1. The van der Waals surface area contributed by atoms with Gasteiger partial charge in [-0.1, -0.05) is 12.1 Å². The van der Waals surface area contributed by atoms with E-state index in [4.69, 9.17) is 9.84 Å². The van der Waals surface area contributed by atoms with Gasteiger partial charge >= 0.3 is 0 Å². The number of hydrogen-bond acceptors (Lipinski definition) is 4. The third-order valence-corrected chi connectivity index (χ3v) is 3.30. The van der Waals surface area contributed by atoms with Crippen molar-refractivity contribution in [2.24, 2.45) is 0 Å². The van der Waals surface area contributed by atoms with E-state index in [1.807, 2.05) is 23.6 Å². The highest BCUT2D eigenvalue weighted by Crippen LogP contribution is 2.17. The van der Waals surface area contributed by atoms with E-state index in [1.54, 1.807) is 29.5 Å². The van der Waals surface area contributed by atoms with Gasteiger partial charge in [-0.3, -0.25) is 4.79 Å². The molecule has 0 aliphatic rings.